The maximum Gasteiger partial charge on any atom is 0.410 e. The van der Waals surface area contributed by atoms with Crippen molar-refractivity contribution in [3.8, 4) is 0 Å². The Labute approximate surface area is 255 Å². The van der Waals surface area contributed by atoms with Crippen molar-refractivity contribution >= 4 is 30.6 Å². The Morgan fingerprint density at radius 2 is 1.62 bits per heavy atom. The van der Waals surface area contributed by atoms with Crippen molar-refractivity contribution in [2.45, 2.75) is 87.3 Å². The van der Waals surface area contributed by atoms with Crippen molar-refractivity contribution in [1.29, 1.82) is 0 Å². The molecule has 1 N–H and O–H groups in total. The highest BCUT2D eigenvalue weighted by molar-refractivity contribution is 5.94. The minimum atomic E-state index is -0.228. The monoisotopic (exact) mass is 588 g/mol. The lowest BCUT2D eigenvalue weighted by molar-refractivity contribution is -0.106. The number of nitrogens with one attached hydrogen (secondary N) is 1. The lowest BCUT2D eigenvalue weighted by atomic mass is 10.2. The van der Waals surface area contributed by atoms with Crippen LogP contribution in [0.25, 0.3) is 0 Å². The first-order valence-electron chi connectivity index (χ1n) is 14.6. The highest BCUT2D eigenvalue weighted by Crippen LogP contribution is 2.09. The minimum absolute atomic E-state index is 0.00771. The van der Waals surface area contributed by atoms with Gasteiger partial charge in [-0.05, 0) is 64.8 Å². The van der Waals surface area contributed by atoms with Gasteiger partial charge in [0.25, 0.3) is 0 Å². The van der Waals surface area contributed by atoms with E-state index in [4.69, 9.17) is 19.1 Å². The molecule has 2 rings (SSSR count). The van der Waals surface area contributed by atoms with E-state index in [2.05, 4.69) is 29.4 Å². The number of allylic oxidation sites excluding steroid dienone is 3. The van der Waals surface area contributed by atoms with Crippen LogP contribution in [0.4, 0.5) is 4.79 Å². The van der Waals surface area contributed by atoms with Gasteiger partial charge in [0.2, 0.25) is 0 Å². The number of nitrogens with zero attached hydrogens (tertiary/aromatic N) is 3. The number of aldehydes is 1. The number of carbonyl (C=O) groups is 3. The van der Waals surface area contributed by atoms with Crippen molar-refractivity contribution in [2.75, 3.05) is 33.4 Å². The Hall–Kier alpha value is -3.43. The first-order chi connectivity index (χ1) is 20.3. The van der Waals surface area contributed by atoms with Crippen molar-refractivity contribution < 1.29 is 23.9 Å². The number of carbonyl (C=O) groups excluding carboxylic acids is 3. The van der Waals surface area contributed by atoms with Gasteiger partial charge in [0.1, 0.15) is 19.7 Å². The molecule has 1 unspecified atom stereocenters. The Kier molecular flexibility index (Phi) is 32.9. The summed E-state index contributed by atoms with van der Waals surface area (Å²) in [6.07, 6.45) is 9.57. The van der Waals surface area contributed by atoms with Gasteiger partial charge in [0.15, 0.2) is 0 Å². The number of rotatable bonds is 11. The average Bonchev–Trinajstić information content (AvgIpc) is 3.56. The largest absolute Gasteiger partial charge is 0.445 e. The number of likely N-dealkylation sites (N-methyl/N-ethyl adjacent to an activating group) is 1. The molecule has 0 bridgehead atoms. The number of benzene rings is 1. The minimum Gasteiger partial charge on any atom is -0.445 e. The molecule has 0 radical (unpaired) electrons. The molecular formula is C33H56N4O5. The van der Waals surface area contributed by atoms with Crippen LogP contribution in [0, 0.1) is 0 Å². The van der Waals surface area contributed by atoms with E-state index < -0.39 is 0 Å². The summed E-state index contributed by atoms with van der Waals surface area (Å²) in [6, 6.07) is 10.1. The predicted molar refractivity (Wildman–Crippen MR) is 176 cm³/mol. The average molecular weight is 589 g/mol. The lowest BCUT2D eigenvalue weighted by Gasteiger charge is -2.15. The van der Waals surface area contributed by atoms with Crippen molar-refractivity contribution in [3.63, 3.8) is 0 Å². The molecule has 42 heavy (non-hydrogen) atoms. The molecule has 0 saturated carbocycles. The normalized spacial score (nSPS) is 13.6. The fraction of sp³-hybridized carbons (Fsp3) is 0.545. The SMILES string of the molecule is C=O.CC.CC=O.CCC.CNC(COCc1ccccc1)/C(C)=N/N=C(C)/C=C\C=C(/C)COC(=O)N1CCCC1. The summed E-state index contributed by atoms with van der Waals surface area (Å²) >= 11 is 0. The lowest BCUT2D eigenvalue weighted by Crippen LogP contribution is -2.36. The van der Waals surface area contributed by atoms with Crippen LogP contribution in [0.15, 0.2) is 64.3 Å². The highest BCUT2D eigenvalue weighted by atomic mass is 16.6. The van der Waals surface area contributed by atoms with Gasteiger partial charge in [-0.2, -0.15) is 10.2 Å². The maximum absolute atomic E-state index is 11.9. The van der Waals surface area contributed by atoms with E-state index in [0.29, 0.717) is 19.8 Å². The molecule has 1 aliphatic heterocycles. The molecule has 1 aromatic rings. The number of likely N-dealkylation sites (tertiary alicyclic amines) is 1. The van der Waals surface area contributed by atoms with Crippen molar-refractivity contribution in [1.82, 2.24) is 10.2 Å². The second-order valence-electron chi connectivity index (χ2n) is 8.89. The molecule has 9 nitrogen and oxygen atoms in total. The molecule has 1 aliphatic rings. The molecule has 9 heteroatoms. The molecule has 238 valence electrons. The van der Waals surface area contributed by atoms with E-state index in [1.165, 1.54) is 13.3 Å². The third-order valence-corrected chi connectivity index (χ3v) is 5.12. The van der Waals surface area contributed by atoms with Crippen LogP contribution >= 0.6 is 0 Å². The van der Waals surface area contributed by atoms with Gasteiger partial charge in [-0.25, -0.2) is 4.79 Å². The van der Waals surface area contributed by atoms with Gasteiger partial charge in [0.05, 0.1) is 30.7 Å². The zero-order valence-corrected chi connectivity index (χ0v) is 27.5. The number of amides is 1. The van der Waals surface area contributed by atoms with Crippen LogP contribution < -0.4 is 5.32 Å². The van der Waals surface area contributed by atoms with Gasteiger partial charge in [-0.1, -0.05) is 76.6 Å². The van der Waals surface area contributed by atoms with Gasteiger partial charge in [0, 0.05) is 13.1 Å². The fourth-order valence-corrected chi connectivity index (χ4v) is 3.11. The van der Waals surface area contributed by atoms with E-state index >= 15 is 0 Å². The van der Waals surface area contributed by atoms with Crippen LogP contribution in [0.5, 0.6) is 0 Å². The second kappa shape index (κ2) is 32.1. The summed E-state index contributed by atoms with van der Waals surface area (Å²) in [6.45, 7) is 20.4. The van der Waals surface area contributed by atoms with Crippen LogP contribution in [0.3, 0.4) is 0 Å². The highest BCUT2D eigenvalue weighted by Gasteiger charge is 2.18. The Balaban J connectivity index is -0.00000135. The number of hydrogen-bond donors (Lipinski definition) is 1. The zero-order valence-electron chi connectivity index (χ0n) is 27.5. The standard InChI is InChI=1S/C25H36N4O3.C3H8.C2H4O.C2H6.CH2O/c1-20(17-32-25(30)29-15-8-9-16-29)11-10-12-21(2)27-28-22(3)24(26-4)19-31-18-23-13-6-5-7-14-23;1-3-2;1-2-3;2*1-2/h5-7,10-14,24,26H,8-9,15-19H2,1-4H3;3H2,1-2H3;2H,1H3;1-2H3;1H2/b12-10-,20-11+,27-21+,28-22+;;;;. The molecule has 0 spiro atoms. The summed E-state index contributed by atoms with van der Waals surface area (Å²) in [5, 5.41) is 11.8. The van der Waals surface area contributed by atoms with Gasteiger partial charge >= 0.3 is 6.09 Å². The molecule has 1 fully saturated rings. The molecule has 1 aromatic carbocycles. The smallest absolute Gasteiger partial charge is 0.410 e. The Morgan fingerprint density at radius 3 is 2.14 bits per heavy atom. The van der Waals surface area contributed by atoms with Crippen LogP contribution in [-0.2, 0) is 25.7 Å². The van der Waals surface area contributed by atoms with Crippen molar-refractivity contribution in [3.05, 3.63) is 59.7 Å². The molecule has 1 amide bonds. The van der Waals surface area contributed by atoms with Crippen molar-refractivity contribution in [2.24, 2.45) is 10.2 Å². The van der Waals surface area contributed by atoms with Gasteiger partial charge in [-0.15, -0.1) is 0 Å². The van der Waals surface area contributed by atoms with E-state index in [1.54, 1.807) is 4.90 Å². The molecule has 1 atom stereocenters. The number of hydrogen-bond acceptors (Lipinski definition) is 8. The summed E-state index contributed by atoms with van der Waals surface area (Å²) in [5.41, 5.74) is 3.74. The first-order valence-corrected chi connectivity index (χ1v) is 14.6. The third kappa shape index (κ3) is 24.4. The Bertz CT molecular complexity index is 908. The van der Waals surface area contributed by atoms with E-state index in [1.807, 2.05) is 97.0 Å². The quantitative estimate of drug-likeness (QED) is 0.131. The number of ether oxygens (including phenoxy) is 2. The summed E-state index contributed by atoms with van der Waals surface area (Å²) < 4.78 is 11.1. The third-order valence-electron chi connectivity index (χ3n) is 5.12. The first kappa shape index (κ1) is 43.0. The molecule has 1 saturated heterocycles. The Morgan fingerprint density at radius 1 is 1.07 bits per heavy atom. The fourth-order valence-electron chi connectivity index (χ4n) is 3.11. The van der Waals surface area contributed by atoms with E-state index in [0.717, 1.165) is 54.8 Å². The van der Waals surface area contributed by atoms with Crippen LogP contribution in [0.2, 0.25) is 0 Å². The topological polar surface area (TPSA) is 110 Å². The molecule has 0 aromatic heterocycles. The molecule has 1 heterocycles. The van der Waals surface area contributed by atoms with Crippen LogP contribution in [-0.4, -0.2) is 74.9 Å². The predicted octanol–water partition coefficient (Wildman–Crippen LogP) is 6.83. The second-order valence-corrected chi connectivity index (χ2v) is 8.89. The molecule has 0 aliphatic carbocycles. The van der Waals surface area contributed by atoms with Gasteiger partial charge < -0.3 is 29.3 Å². The van der Waals surface area contributed by atoms with Crippen LogP contribution in [0.1, 0.15) is 80.2 Å². The summed E-state index contributed by atoms with van der Waals surface area (Å²) in [4.78, 5) is 30.5. The van der Waals surface area contributed by atoms with Gasteiger partial charge in [-0.3, -0.25) is 0 Å². The zero-order chi connectivity index (χ0) is 32.6. The maximum atomic E-state index is 11.9. The molecular weight excluding hydrogens is 532 g/mol. The summed E-state index contributed by atoms with van der Waals surface area (Å²) in [7, 11) is 1.89. The van der Waals surface area contributed by atoms with E-state index in [-0.39, 0.29) is 12.1 Å². The summed E-state index contributed by atoms with van der Waals surface area (Å²) in [5.74, 6) is 0. The van der Waals surface area contributed by atoms with E-state index in [9.17, 15) is 4.79 Å².